The average molecular weight is 361 g/mol. The largest absolute Gasteiger partial charge is 0.289 e. The number of carbonyl (C=O) groups excluding carboxylic acids is 2. The van der Waals surface area contributed by atoms with Crippen LogP contribution in [0.25, 0.3) is 0 Å². The topological polar surface area (TPSA) is 47.0 Å². The second-order valence-electron chi connectivity index (χ2n) is 4.43. The highest BCUT2D eigenvalue weighted by atomic mass is 35.5. The van der Waals surface area contributed by atoms with Crippen molar-refractivity contribution in [3.8, 4) is 0 Å². The van der Waals surface area contributed by atoms with E-state index >= 15 is 0 Å². The summed E-state index contributed by atoms with van der Waals surface area (Å²) >= 11 is 24.2. The molecule has 1 aromatic heterocycles. The van der Waals surface area contributed by atoms with Crippen molar-refractivity contribution in [1.82, 2.24) is 4.98 Å². The molecule has 0 amide bonds. The first kappa shape index (κ1) is 14.8. The van der Waals surface area contributed by atoms with Gasteiger partial charge in [0.25, 0.3) is 0 Å². The molecule has 0 radical (unpaired) electrons. The molecular weight excluding hydrogens is 356 g/mol. The number of hydrogen-bond donors (Lipinski definition) is 0. The van der Waals surface area contributed by atoms with Crippen LogP contribution in [0.15, 0.2) is 24.4 Å². The molecule has 0 aliphatic heterocycles. The van der Waals surface area contributed by atoms with Crippen LogP contribution in [-0.2, 0) is 4.79 Å². The Balaban J connectivity index is 2.36. The second-order valence-corrected chi connectivity index (χ2v) is 5.94. The Hall–Kier alpha value is -1.13. The molecule has 0 N–H and O–H groups in total. The van der Waals surface area contributed by atoms with Crippen LogP contribution < -0.4 is 0 Å². The van der Waals surface area contributed by atoms with Gasteiger partial charge in [0.2, 0.25) is 11.6 Å². The van der Waals surface area contributed by atoms with E-state index in [1.807, 2.05) is 0 Å². The fraction of sp³-hybridized carbons (Fsp3) is 0.0714. The fourth-order valence-electron chi connectivity index (χ4n) is 2.36. The van der Waals surface area contributed by atoms with Crippen LogP contribution in [0.4, 0.5) is 0 Å². The third kappa shape index (κ3) is 2.08. The Morgan fingerprint density at radius 2 is 1.57 bits per heavy atom. The molecule has 0 bridgehead atoms. The van der Waals surface area contributed by atoms with Gasteiger partial charge in [-0.1, -0.05) is 52.5 Å². The predicted octanol–water partition coefficient (Wildman–Crippen LogP) is 4.59. The molecule has 1 aliphatic carbocycles. The second kappa shape index (κ2) is 5.25. The first-order chi connectivity index (χ1) is 9.95. The number of hydrogen-bond acceptors (Lipinski definition) is 3. The molecule has 1 atom stereocenters. The van der Waals surface area contributed by atoms with E-state index in [9.17, 15) is 9.59 Å². The number of benzene rings is 1. The minimum atomic E-state index is -0.909. The molecule has 106 valence electrons. The van der Waals surface area contributed by atoms with Crippen molar-refractivity contribution < 1.29 is 9.59 Å². The Bertz CT molecular complexity index is 790. The van der Waals surface area contributed by atoms with Crippen LogP contribution in [0.2, 0.25) is 20.1 Å². The zero-order chi connectivity index (χ0) is 15.3. The van der Waals surface area contributed by atoms with Crippen LogP contribution in [-0.4, -0.2) is 16.6 Å². The van der Waals surface area contributed by atoms with Gasteiger partial charge in [0.1, 0.15) is 0 Å². The molecule has 1 unspecified atom stereocenters. The van der Waals surface area contributed by atoms with Crippen LogP contribution in [0.3, 0.4) is 0 Å². The van der Waals surface area contributed by atoms with Crippen LogP contribution >= 0.6 is 46.4 Å². The molecule has 1 aliphatic rings. The van der Waals surface area contributed by atoms with Crippen LogP contribution in [0.5, 0.6) is 0 Å². The lowest BCUT2D eigenvalue weighted by molar-refractivity contribution is -0.115. The van der Waals surface area contributed by atoms with Crippen molar-refractivity contribution in [3.63, 3.8) is 0 Å². The van der Waals surface area contributed by atoms with Gasteiger partial charge >= 0.3 is 0 Å². The number of aromatic nitrogens is 1. The predicted molar refractivity (Wildman–Crippen MR) is 81.9 cm³/mol. The number of nitrogens with zero attached hydrogens (tertiary/aromatic N) is 1. The van der Waals surface area contributed by atoms with Crippen molar-refractivity contribution in [2.75, 3.05) is 0 Å². The first-order valence-corrected chi connectivity index (χ1v) is 7.31. The molecule has 0 saturated carbocycles. The molecule has 3 nitrogen and oxygen atoms in total. The number of fused-ring (bicyclic) bond motifs is 1. The maximum atomic E-state index is 12.3. The molecule has 0 spiro atoms. The summed E-state index contributed by atoms with van der Waals surface area (Å²) in [5.41, 5.74) is 0.687. The minimum Gasteiger partial charge on any atom is -0.289 e. The third-order valence-corrected chi connectivity index (χ3v) is 5.11. The summed E-state index contributed by atoms with van der Waals surface area (Å²) in [6.45, 7) is 0. The summed E-state index contributed by atoms with van der Waals surface area (Å²) < 4.78 is 0. The SMILES string of the molecule is O=C1C(=O)C(c2ccccn2)c2c(Cl)c(Cl)c(Cl)c(Cl)c21. The molecule has 7 heteroatoms. The molecule has 21 heavy (non-hydrogen) atoms. The van der Waals surface area contributed by atoms with E-state index in [2.05, 4.69) is 4.98 Å². The van der Waals surface area contributed by atoms with Gasteiger partial charge in [-0.25, -0.2) is 0 Å². The lowest BCUT2D eigenvalue weighted by Gasteiger charge is -2.13. The molecule has 2 aromatic rings. The van der Waals surface area contributed by atoms with Gasteiger partial charge in [-0.2, -0.15) is 0 Å². The quantitative estimate of drug-likeness (QED) is 0.424. The first-order valence-electron chi connectivity index (χ1n) is 5.80. The molecule has 1 aromatic carbocycles. The molecule has 1 heterocycles. The summed E-state index contributed by atoms with van der Waals surface area (Å²) in [7, 11) is 0. The average Bonchev–Trinajstić information content (AvgIpc) is 2.76. The van der Waals surface area contributed by atoms with Gasteiger partial charge in [-0.05, 0) is 12.1 Å². The molecule has 3 rings (SSSR count). The molecular formula is C14H5Cl4NO2. The van der Waals surface area contributed by atoms with E-state index in [4.69, 9.17) is 46.4 Å². The zero-order valence-electron chi connectivity index (χ0n) is 10.2. The zero-order valence-corrected chi connectivity index (χ0v) is 13.2. The number of halogens is 4. The van der Waals surface area contributed by atoms with E-state index in [0.717, 1.165) is 0 Å². The maximum absolute atomic E-state index is 12.3. The van der Waals surface area contributed by atoms with Gasteiger partial charge < -0.3 is 0 Å². The highest BCUT2D eigenvalue weighted by molar-refractivity contribution is 6.58. The van der Waals surface area contributed by atoms with Crippen LogP contribution in [0.1, 0.15) is 27.5 Å². The minimum absolute atomic E-state index is 0.0109. The fourth-order valence-corrected chi connectivity index (χ4v) is 3.42. The number of carbonyl (C=O) groups is 2. The number of rotatable bonds is 1. The standard InChI is InChI=1S/C14H5Cl4NO2/c15-9-7-6(5-3-1-2-4-19-5)13(20)14(21)8(7)10(16)12(18)11(9)17/h1-4,6H. The smallest absolute Gasteiger partial charge is 0.231 e. The lowest BCUT2D eigenvalue weighted by Crippen LogP contribution is -2.14. The lowest BCUT2D eigenvalue weighted by atomic mass is 9.96. The van der Waals surface area contributed by atoms with E-state index < -0.39 is 17.5 Å². The summed E-state index contributed by atoms with van der Waals surface area (Å²) in [5, 5.41) is -0.0239. The summed E-state index contributed by atoms with van der Waals surface area (Å²) in [6, 6.07) is 5.05. The highest BCUT2D eigenvalue weighted by Crippen LogP contribution is 2.49. The number of pyridine rings is 1. The monoisotopic (exact) mass is 359 g/mol. The number of Topliss-reactive ketones (excluding diaryl/α,β-unsaturated/α-hetero) is 2. The Morgan fingerprint density at radius 1 is 0.905 bits per heavy atom. The van der Waals surface area contributed by atoms with E-state index in [0.29, 0.717) is 5.69 Å². The van der Waals surface area contributed by atoms with Crippen molar-refractivity contribution in [1.29, 1.82) is 0 Å². The Labute approximate surface area is 139 Å². The van der Waals surface area contributed by atoms with Gasteiger partial charge in [0.05, 0.1) is 37.3 Å². The molecule has 0 fully saturated rings. The number of ketones is 2. The summed E-state index contributed by atoms with van der Waals surface area (Å²) in [6.07, 6.45) is 1.53. The summed E-state index contributed by atoms with van der Waals surface area (Å²) in [5.74, 6) is -2.29. The maximum Gasteiger partial charge on any atom is 0.231 e. The van der Waals surface area contributed by atoms with Crippen molar-refractivity contribution >= 4 is 58.0 Å². The van der Waals surface area contributed by atoms with E-state index in [1.165, 1.54) is 6.20 Å². The van der Waals surface area contributed by atoms with E-state index in [1.54, 1.807) is 18.2 Å². The normalized spacial score (nSPS) is 17.2. The third-order valence-electron chi connectivity index (χ3n) is 3.29. The Morgan fingerprint density at radius 3 is 2.19 bits per heavy atom. The molecule has 0 saturated heterocycles. The van der Waals surface area contributed by atoms with Crippen LogP contribution in [0, 0.1) is 0 Å². The van der Waals surface area contributed by atoms with Gasteiger partial charge in [0, 0.05) is 11.8 Å². The van der Waals surface area contributed by atoms with E-state index in [-0.39, 0.29) is 31.2 Å². The van der Waals surface area contributed by atoms with Crippen molar-refractivity contribution in [2.45, 2.75) is 5.92 Å². The summed E-state index contributed by atoms with van der Waals surface area (Å²) in [4.78, 5) is 28.6. The Kier molecular flexibility index (Phi) is 3.70. The van der Waals surface area contributed by atoms with Crippen molar-refractivity contribution in [2.24, 2.45) is 0 Å². The van der Waals surface area contributed by atoms with Gasteiger partial charge in [0.15, 0.2) is 0 Å². The van der Waals surface area contributed by atoms with Gasteiger partial charge in [-0.3, -0.25) is 14.6 Å². The van der Waals surface area contributed by atoms with Gasteiger partial charge in [-0.15, -0.1) is 0 Å². The van der Waals surface area contributed by atoms with Crippen molar-refractivity contribution in [3.05, 3.63) is 61.3 Å². The highest BCUT2D eigenvalue weighted by Gasteiger charge is 2.44.